The number of halogens is 1. The maximum absolute atomic E-state index is 6.31. The summed E-state index contributed by atoms with van der Waals surface area (Å²) in [6, 6.07) is 6.03. The van der Waals surface area contributed by atoms with Crippen LogP contribution in [0.1, 0.15) is 38.2 Å². The summed E-state index contributed by atoms with van der Waals surface area (Å²) < 4.78 is 0. The first-order valence-corrected chi connectivity index (χ1v) is 8.29. The molecule has 0 aliphatic carbocycles. The van der Waals surface area contributed by atoms with Gasteiger partial charge < -0.3 is 5.43 Å². The summed E-state index contributed by atoms with van der Waals surface area (Å²) in [5.74, 6) is 0. The molecule has 1 aromatic rings. The first-order valence-electron chi connectivity index (χ1n) is 7.91. The third-order valence-electron chi connectivity index (χ3n) is 3.68. The van der Waals surface area contributed by atoms with E-state index in [9.17, 15) is 0 Å². The third-order valence-corrected chi connectivity index (χ3v) is 3.98. The highest BCUT2D eigenvalue weighted by Gasteiger charge is 2.19. The van der Waals surface area contributed by atoms with Gasteiger partial charge in [-0.25, -0.2) is 5.43 Å². The minimum Gasteiger partial charge on any atom is -0.320 e. The molecular weight excluding hydrogens is 296 g/mol. The van der Waals surface area contributed by atoms with Crippen LogP contribution in [-0.2, 0) is 0 Å². The molecule has 1 aromatic carbocycles. The molecule has 1 heterocycles. The summed E-state index contributed by atoms with van der Waals surface area (Å²) in [7, 11) is 0. The maximum Gasteiger partial charge on any atom is 0.0866 e. The van der Waals surface area contributed by atoms with Crippen molar-refractivity contribution in [1.29, 1.82) is 0 Å². The number of benzene rings is 1. The Bertz CT molecular complexity index is 554. The molecule has 22 heavy (non-hydrogen) atoms. The molecule has 0 fully saturated rings. The first kappa shape index (κ1) is 16.8. The van der Waals surface area contributed by atoms with E-state index < -0.39 is 0 Å². The van der Waals surface area contributed by atoms with E-state index in [0.717, 1.165) is 53.6 Å². The number of anilines is 1. The van der Waals surface area contributed by atoms with E-state index in [-0.39, 0.29) is 0 Å². The van der Waals surface area contributed by atoms with Crippen molar-refractivity contribution in [2.45, 2.75) is 39.5 Å². The van der Waals surface area contributed by atoms with Gasteiger partial charge in [0.2, 0.25) is 0 Å². The minimum absolute atomic E-state index is 0.737. The second-order valence-corrected chi connectivity index (χ2v) is 6.02. The number of nitrogens with zero attached hydrogens (tertiary/aromatic N) is 2. The average Bonchev–Trinajstić information content (AvgIpc) is 2.96. The molecule has 0 saturated carbocycles. The molecule has 0 amide bonds. The molecule has 2 N–H and O–H groups in total. The zero-order valence-electron chi connectivity index (χ0n) is 13.5. The second kappa shape index (κ2) is 8.20. The molecule has 0 radical (unpaired) electrons. The van der Waals surface area contributed by atoms with Crippen LogP contribution in [0.2, 0.25) is 5.02 Å². The minimum atomic E-state index is 0.737. The standard InChI is InChI=1S/C17H25ClN4/c1-4-5-6-10-19-20-14(3)16-9-11-22(21-16)17-8-7-13(2)12-15(17)18/h7-8,12,19-20H,3-6,9-11H2,1-2H3. The lowest BCUT2D eigenvalue weighted by atomic mass is 10.2. The van der Waals surface area contributed by atoms with Gasteiger partial charge in [0, 0.05) is 19.5 Å². The van der Waals surface area contributed by atoms with Crippen LogP contribution in [0, 0.1) is 6.92 Å². The van der Waals surface area contributed by atoms with Gasteiger partial charge in [-0.1, -0.05) is 44.0 Å². The smallest absolute Gasteiger partial charge is 0.0866 e. The number of hydrogen-bond donors (Lipinski definition) is 2. The number of hydrogen-bond acceptors (Lipinski definition) is 4. The Hall–Kier alpha value is -1.52. The number of hydrazone groups is 1. The van der Waals surface area contributed by atoms with E-state index in [4.69, 9.17) is 11.6 Å². The third kappa shape index (κ3) is 4.49. The van der Waals surface area contributed by atoms with Gasteiger partial charge in [0.15, 0.2) is 0 Å². The van der Waals surface area contributed by atoms with Gasteiger partial charge in [0.1, 0.15) is 0 Å². The highest BCUT2D eigenvalue weighted by molar-refractivity contribution is 6.33. The second-order valence-electron chi connectivity index (χ2n) is 5.61. The van der Waals surface area contributed by atoms with Crippen molar-refractivity contribution in [1.82, 2.24) is 10.9 Å². The normalized spacial score (nSPS) is 14.1. The molecule has 120 valence electrons. The topological polar surface area (TPSA) is 39.7 Å². The molecule has 5 heteroatoms. The van der Waals surface area contributed by atoms with Crippen LogP contribution in [-0.4, -0.2) is 18.8 Å². The van der Waals surface area contributed by atoms with E-state index >= 15 is 0 Å². The average molecular weight is 321 g/mol. The largest absolute Gasteiger partial charge is 0.320 e. The van der Waals surface area contributed by atoms with Crippen LogP contribution >= 0.6 is 11.6 Å². The van der Waals surface area contributed by atoms with Crippen LogP contribution in [0.5, 0.6) is 0 Å². The zero-order valence-corrected chi connectivity index (χ0v) is 14.2. The SMILES string of the molecule is C=C(NNCCCCC)C1=NN(c2ccc(C)cc2Cl)CC1. The molecule has 0 aromatic heterocycles. The van der Waals surface area contributed by atoms with E-state index in [0.29, 0.717) is 0 Å². The molecule has 0 atom stereocenters. The lowest BCUT2D eigenvalue weighted by Crippen LogP contribution is -2.34. The number of rotatable bonds is 8. The van der Waals surface area contributed by atoms with Crippen LogP contribution in [0.15, 0.2) is 35.6 Å². The van der Waals surface area contributed by atoms with Crippen molar-refractivity contribution < 1.29 is 0 Å². The molecule has 4 nitrogen and oxygen atoms in total. The predicted octanol–water partition coefficient (Wildman–Crippen LogP) is 4.01. The van der Waals surface area contributed by atoms with E-state index in [1.807, 2.05) is 24.1 Å². The van der Waals surface area contributed by atoms with Crippen molar-refractivity contribution in [3.05, 3.63) is 41.1 Å². The number of aryl methyl sites for hydroxylation is 1. The van der Waals surface area contributed by atoms with Crippen molar-refractivity contribution in [3.8, 4) is 0 Å². The lowest BCUT2D eigenvalue weighted by Gasteiger charge is -2.15. The van der Waals surface area contributed by atoms with Crippen LogP contribution in [0.3, 0.4) is 0 Å². The lowest BCUT2D eigenvalue weighted by molar-refractivity contribution is 0.569. The maximum atomic E-state index is 6.31. The quantitative estimate of drug-likeness (QED) is 0.561. The molecule has 0 spiro atoms. The zero-order chi connectivity index (χ0) is 15.9. The van der Waals surface area contributed by atoms with Gasteiger partial charge in [-0.05, 0) is 31.0 Å². The molecule has 0 unspecified atom stereocenters. The Balaban J connectivity index is 1.89. The summed E-state index contributed by atoms with van der Waals surface area (Å²) >= 11 is 6.31. The fourth-order valence-electron chi connectivity index (χ4n) is 2.37. The van der Waals surface area contributed by atoms with Crippen molar-refractivity contribution >= 4 is 23.0 Å². The van der Waals surface area contributed by atoms with E-state index in [1.54, 1.807) is 0 Å². The first-order chi connectivity index (χ1) is 10.6. The number of allylic oxidation sites excluding steroid dienone is 1. The Morgan fingerprint density at radius 2 is 2.23 bits per heavy atom. The summed E-state index contributed by atoms with van der Waals surface area (Å²) in [4.78, 5) is 0. The van der Waals surface area contributed by atoms with Crippen LogP contribution in [0.4, 0.5) is 5.69 Å². The summed E-state index contributed by atoms with van der Waals surface area (Å²) in [5.41, 5.74) is 10.2. The van der Waals surface area contributed by atoms with Crippen LogP contribution < -0.4 is 15.9 Å². The van der Waals surface area contributed by atoms with Gasteiger partial charge in [0.05, 0.1) is 22.1 Å². The van der Waals surface area contributed by atoms with E-state index in [1.165, 1.54) is 12.8 Å². The summed E-state index contributed by atoms with van der Waals surface area (Å²) in [6.07, 6.45) is 4.49. The molecule has 0 bridgehead atoms. The molecule has 1 aliphatic heterocycles. The number of nitrogens with one attached hydrogen (secondary N) is 2. The number of unbranched alkanes of at least 4 members (excludes halogenated alkanes) is 2. The summed E-state index contributed by atoms with van der Waals surface area (Å²) in [6.45, 7) is 10.1. The van der Waals surface area contributed by atoms with Crippen molar-refractivity contribution in [3.63, 3.8) is 0 Å². The molecular formula is C17H25ClN4. The molecule has 0 saturated heterocycles. The molecule has 2 rings (SSSR count). The Morgan fingerprint density at radius 3 is 2.95 bits per heavy atom. The Kier molecular flexibility index (Phi) is 6.28. The van der Waals surface area contributed by atoms with Gasteiger partial charge in [-0.3, -0.25) is 5.01 Å². The van der Waals surface area contributed by atoms with Crippen molar-refractivity contribution in [2.24, 2.45) is 5.10 Å². The predicted molar refractivity (Wildman–Crippen MR) is 95.4 cm³/mol. The highest BCUT2D eigenvalue weighted by Crippen LogP contribution is 2.29. The molecule has 1 aliphatic rings. The van der Waals surface area contributed by atoms with Gasteiger partial charge in [-0.2, -0.15) is 5.10 Å². The Morgan fingerprint density at radius 1 is 1.41 bits per heavy atom. The fraction of sp³-hybridized carbons (Fsp3) is 0.471. The fourth-order valence-corrected chi connectivity index (χ4v) is 2.70. The number of hydrazine groups is 1. The van der Waals surface area contributed by atoms with Gasteiger partial charge in [-0.15, -0.1) is 0 Å². The highest BCUT2D eigenvalue weighted by atomic mass is 35.5. The van der Waals surface area contributed by atoms with E-state index in [2.05, 4.69) is 35.5 Å². The van der Waals surface area contributed by atoms with Gasteiger partial charge in [0.25, 0.3) is 0 Å². The van der Waals surface area contributed by atoms with Crippen LogP contribution in [0.25, 0.3) is 0 Å². The van der Waals surface area contributed by atoms with Crippen molar-refractivity contribution in [2.75, 3.05) is 18.1 Å². The Labute approximate surface area is 138 Å². The monoisotopic (exact) mass is 320 g/mol. The van der Waals surface area contributed by atoms with Gasteiger partial charge >= 0.3 is 0 Å². The summed E-state index contributed by atoms with van der Waals surface area (Å²) in [5, 5.41) is 7.31.